The van der Waals surface area contributed by atoms with Crippen molar-refractivity contribution in [1.29, 1.82) is 0 Å². The first-order chi connectivity index (χ1) is 13.0. The first kappa shape index (κ1) is 19.0. The molecule has 0 aliphatic heterocycles. The number of carbonyl (C=O) groups excluding carboxylic acids is 1. The Morgan fingerprint density at radius 1 is 1.19 bits per heavy atom. The summed E-state index contributed by atoms with van der Waals surface area (Å²) in [5, 5.41) is 4.07. The molecule has 1 amide bonds. The number of amides is 1. The van der Waals surface area contributed by atoms with Gasteiger partial charge in [0, 0.05) is 10.9 Å². The van der Waals surface area contributed by atoms with Gasteiger partial charge in [-0.05, 0) is 50.2 Å². The fourth-order valence-electron chi connectivity index (χ4n) is 3.13. The van der Waals surface area contributed by atoms with Crippen LogP contribution in [0, 0.1) is 0 Å². The Morgan fingerprint density at radius 3 is 2.63 bits per heavy atom. The maximum atomic E-state index is 12.4. The quantitative estimate of drug-likeness (QED) is 0.644. The largest absolute Gasteiger partial charge is 0.494 e. The minimum atomic E-state index is -0.164. The Hall–Kier alpha value is -2.79. The standard InChI is InChI=1S/C22H26N2O3/c1-4-26-19-11-9-17(10-12-19)14-24(3)15-22(25)23-16(2)21-13-18-7-5-6-8-20(18)27-21/h5-13,16H,4,14-15H2,1-3H3,(H,23,25)/p+1/t16-/m1/s1. The number of quaternary nitrogens is 1. The third-order valence-corrected chi connectivity index (χ3v) is 4.45. The van der Waals surface area contributed by atoms with Crippen LogP contribution < -0.4 is 15.0 Å². The fourth-order valence-corrected chi connectivity index (χ4v) is 3.13. The summed E-state index contributed by atoms with van der Waals surface area (Å²) in [5.74, 6) is 1.65. The lowest BCUT2D eigenvalue weighted by atomic mass is 10.2. The van der Waals surface area contributed by atoms with Crippen LogP contribution in [0.2, 0.25) is 0 Å². The van der Waals surface area contributed by atoms with Crippen molar-refractivity contribution in [3.8, 4) is 5.75 Å². The Balaban J connectivity index is 1.51. The number of benzene rings is 2. The number of rotatable bonds is 8. The highest BCUT2D eigenvalue weighted by molar-refractivity contribution is 5.79. The van der Waals surface area contributed by atoms with E-state index in [4.69, 9.17) is 9.15 Å². The predicted molar refractivity (Wildman–Crippen MR) is 106 cm³/mol. The van der Waals surface area contributed by atoms with Crippen molar-refractivity contribution in [3.63, 3.8) is 0 Å². The van der Waals surface area contributed by atoms with Crippen LogP contribution in [0.1, 0.15) is 31.2 Å². The van der Waals surface area contributed by atoms with Gasteiger partial charge in [0.05, 0.1) is 19.7 Å². The van der Waals surface area contributed by atoms with Crippen LogP contribution in [-0.2, 0) is 11.3 Å². The van der Waals surface area contributed by atoms with Gasteiger partial charge in [-0.25, -0.2) is 0 Å². The van der Waals surface area contributed by atoms with Crippen LogP contribution in [0.4, 0.5) is 0 Å². The van der Waals surface area contributed by atoms with E-state index in [2.05, 4.69) is 5.32 Å². The molecule has 1 unspecified atom stereocenters. The summed E-state index contributed by atoms with van der Waals surface area (Å²) in [6.45, 7) is 5.75. The van der Waals surface area contributed by atoms with E-state index in [1.807, 2.05) is 75.5 Å². The molecule has 2 N–H and O–H groups in total. The maximum absolute atomic E-state index is 12.4. The van der Waals surface area contributed by atoms with Crippen molar-refractivity contribution in [1.82, 2.24) is 5.32 Å². The molecule has 3 aromatic rings. The smallest absolute Gasteiger partial charge is 0.275 e. The van der Waals surface area contributed by atoms with E-state index in [0.29, 0.717) is 13.2 Å². The number of hydrogen-bond acceptors (Lipinski definition) is 3. The van der Waals surface area contributed by atoms with Crippen LogP contribution >= 0.6 is 0 Å². The van der Waals surface area contributed by atoms with Gasteiger partial charge in [-0.1, -0.05) is 18.2 Å². The first-order valence-corrected chi connectivity index (χ1v) is 9.36. The molecule has 5 nitrogen and oxygen atoms in total. The van der Waals surface area contributed by atoms with Gasteiger partial charge < -0.3 is 19.4 Å². The molecule has 2 atom stereocenters. The summed E-state index contributed by atoms with van der Waals surface area (Å²) in [6.07, 6.45) is 0. The molecular weight excluding hydrogens is 340 g/mol. The van der Waals surface area contributed by atoms with Gasteiger partial charge >= 0.3 is 0 Å². The predicted octanol–water partition coefficient (Wildman–Crippen LogP) is 2.72. The SMILES string of the molecule is CCOc1ccc(C[NH+](C)CC(=O)N[C@H](C)c2cc3ccccc3o2)cc1. The average molecular weight is 367 g/mol. The number of para-hydroxylation sites is 1. The summed E-state index contributed by atoms with van der Waals surface area (Å²) in [6, 6.07) is 17.7. The summed E-state index contributed by atoms with van der Waals surface area (Å²) >= 11 is 0. The van der Waals surface area contributed by atoms with E-state index in [1.54, 1.807) is 0 Å². The third-order valence-electron chi connectivity index (χ3n) is 4.45. The minimum Gasteiger partial charge on any atom is -0.494 e. The highest BCUT2D eigenvalue weighted by Gasteiger charge is 2.17. The number of hydrogen-bond donors (Lipinski definition) is 2. The molecule has 0 radical (unpaired) electrons. The third kappa shape index (κ3) is 5.11. The number of carbonyl (C=O) groups is 1. The molecule has 142 valence electrons. The Morgan fingerprint density at radius 2 is 1.93 bits per heavy atom. The lowest BCUT2D eigenvalue weighted by molar-refractivity contribution is -0.885. The van der Waals surface area contributed by atoms with Gasteiger partial charge in [0.25, 0.3) is 5.91 Å². The van der Waals surface area contributed by atoms with Gasteiger partial charge in [0.15, 0.2) is 6.54 Å². The minimum absolute atomic E-state index is 0.00592. The lowest BCUT2D eigenvalue weighted by Crippen LogP contribution is -3.08. The molecule has 2 aromatic carbocycles. The normalized spacial score (nSPS) is 13.3. The zero-order valence-electron chi connectivity index (χ0n) is 16.1. The maximum Gasteiger partial charge on any atom is 0.275 e. The number of fused-ring (bicyclic) bond motifs is 1. The van der Waals surface area contributed by atoms with Gasteiger partial charge in [-0.2, -0.15) is 0 Å². The molecule has 0 aliphatic rings. The molecule has 0 bridgehead atoms. The van der Waals surface area contributed by atoms with E-state index >= 15 is 0 Å². The van der Waals surface area contributed by atoms with Crippen LogP contribution in [0.15, 0.2) is 59.0 Å². The van der Waals surface area contributed by atoms with Crippen LogP contribution in [0.3, 0.4) is 0 Å². The summed E-state index contributed by atoms with van der Waals surface area (Å²) < 4.78 is 11.3. The first-order valence-electron chi connectivity index (χ1n) is 9.36. The summed E-state index contributed by atoms with van der Waals surface area (Å²) in [7, 11) is 2.02. The summed E-state index contributed by atoms with van der Waals surface area (Å²) in [4.78, 5) is 13.5. The van der Waals surface area contributed by atoms with Crippen molar-refractivity contribution in [2.45, 2.75) is 26.4 Å². The number of nitrogens with one attached hydrogen (secondary N) is 2. The molecule has 0 saturated heterocycles. The zero-order chi connectivity index (χ0) is 19.2. The van der Waals surface area contributed by atoms with Crippen molar-refractivity contribution >= 4 is 16.9 Å². The highest BCUT2D eigenvalue weighted by atomic mass is 16.5. The van der Waals surface area contributed by atoms with E-state index in [1.165, 1.54) is 5.56 Å². The molecule has 0 fully saturated rings. The van der Waals surface area contributed by atoms with E-state index in [9.17, 15) is 4.79 Å². The van der Waals surface area contributed by atoms with Crippen molar-refractivity contribution in [2.75, 3.05) is 20.2 Å². The van der Waals surface area contributed by atoms with Gasteiger partial charge in [-0.15, -0.1) is 0 Å². The van der Waals surface area contributed by atoms with E-state index in [0.717, 1.165) is 33.9 Å². The molecule has 5 heteroatoms. The van der Waals surface area contributed by atoms with E-state index < -0.39 is 0 Å². The second kappa shape index (κ2) is 8.73. The average Bonchev–Trinajstić information content (AvgIpc) is 3.08. The number of furan rings is 1. The molecule has 0 spiro atoms. The van der Waals surface area contributed by atoms with Crippen molar-refractivity contribution < 1.29 is 18.8 Å². The summed E-state index contributed by atoms with van der Waals surface area (Å²) in [5.41, 5.74) is 2.01. The Bertz CT molecular complexity index is 853. The second-order valence-corrected chi connectivity index (χ2v) is 6.86. The molecule has 1 heterocycles. The van der Waals surface area contributed by atoms with Crippen LogP contribution in [0.25, 0.3) is 11.0 Å². The molecule has 3 rings (SSSR count). The van der Waals surface area contributed by atoms with E-state index in [-0.39, 0.29) is 11.9 Å². The monoisotopic (exact) mass is 367 g/mol. The Kier molecular flexibility index (Phi) is 6.14. The van der Waals surface area contributed by atoms with Crippen molar-refractivity contribution in [2.24, 2.45) is 0 Å². The molecule has 27 heavy (non-hydrogen) atoms. The van der Waals surface area contributed by atoms with Gasteiger partial charge in [0.1, 0.15) is 23.6 Å². The number of ether oxygens (including phenoxy) is 1. The van der Waals surface area contributed by atoms with Gasteiger partial charge in [0.2, 0.25) is 0 Å². The molecule has 1 aromatic heterocycles. The molecular formula is C22H27N2O3+. The second-order valence-electron chi connectivity index (χ2n) is 6.86. The zero-order valence-corrected chi connectivity index (χ0v) is 16.1. The topological polar surface area (TPSA) is 55.9 Å². The number of likely N-dealkylation sites (N-methyl/N-ethyl adjacent to an activating group) is 1. The van der Waals surface area contributed by atoms with Crippen LogP contribution in [0.5, 0.6) is 5.75 Å². The lowest BCUT2D eigenvalue weighted by Gasteiger charge is -2.16. The Labute approximate surface area is 159 Å². The molecule has 0 aliphatic carbocycles. The van der Waals surface area contributed by atoms with Crippen LogP contribution in [-0.4, -0.2) is 26.1 Å². The van der Waals surface area contributed by atoms with Crippen molar-refractivity contribution in [3.05, 3.63) is 65.9 Å². The van der Waals surface area contributed by atoms with Gasteiger partial charge in [-0.3, -0.25) is 4.79 Å². The fraction of sp³-hybridized carbons (Fsp3) is 0.318. The highest BCUT2D eigenvalue weighted by Crippen LogP contribution is 2.23. The molecule has 0 saturated carbocycles.